The van der Waals surface area contributed by atoms with E-state index in [1.807, 2.05) is 57.2 Å². The first-order valence-electron chi connectivity index (χ1n) is 8.17. The lowest BCUT2D eigenvalue weighted by Crippen LogP contribution is -2.27. The van der Waals surface area contributed by atoms with Gasteiger partial charge < -0.3 is 0 Å². The van der Waals surface area contributed by atoms with Gasteiger partial charge in [0.15, 0.2) is 11.6 Å². The Balaban J connectivity index is 2.36. The van der Waals surface area contributed by atoms with Gasteiger partial charge in [-0.2, -0.15) is 0 Å². The highest BCUT2D eigenvalue weighted by molar-refractivity contribution is 6.16. The third kappa shape index (κ3) is 4.29. The van der Waals surface area contributed by atoms with Crippen molar-refractivity contribution in [3.8, 4) is 0 Å². The minimum atomic E-state index is -0.735. The molecule has 0 aliphatic heterocycles. The third-order valence-corrected chi connectivity index (χ3v) is 4.26. The zero-order chi connectivity index (χ0) is 17.7. The molecular weight excluding hydrogens is 296 g/mol. The van der Waals surface area contributed by atoms with Gasteiger partial charge in [0.25, 0.3) is 0 Å². The third-order valence-electron chi connectivity index (χ3n) is 4.26. The lowest BCUT2D eigenvalue weighted by molar-refractivity contribution is 0.0803. The zero-order valence-corrected chi connectivity index (χ0v) is 14.6. The van der Waals surface area contributed by atoms with Gasteiger partial charge in [-0.3, -0.25) is 9.59 Å². The number of rotatable bonds is 6. The Bertz CT molecular complexity index is 670. The van der Waals surface area contributed by atoms with Crippen molar-refractivity contribution in [1.29, 1.82) is 0 Å². The zero-order valence-electron chi connectivity index (χ0n) is 14.6. The maximum Gasteiger partial charge on any atom is 0.174 e. The molecule has 24 heavy (non-hydrogen) atoms. The van der Waals surface area contributed by atoms with Crippen LogP contribution in [0.2, 0.25) is 0 Å². The van der Waals surface area contributed by atoms with Gasteiger partial charge in [0, 0.05) is 11.1 Å². The fourth-order valence-electron chi connectivity index (χ4n) is 2.46. The highest BCUT2D eigenvalue weighted by Gasteiger charge is 2.31. The molecular formula is C22H24O2. The molecule has 0 heterocycles. The van der Waals surface area contributed by atoms with Crippen LogP contribution in [0.25, 0.3) is 0 Å². The van der Waals surface area contributed by atoms with Crippen LogP contribution in [0.15, 0.2) is 72.8 Å². The van der Waals surface area contributed by atoms with Crippen molar-refractivity contribution in [3.63, 3.8) is 0 Å². The summed E-state index contributed by atoms with van der Waals surface area (Å²) in [6.07, 6.45) is 0.366. The van der Waals surface area contributed by atoms with E-state index in [-0.39, 0.29) is 17.0 Å². The van der Waals surface area contributed by atoms with Crippen LogP contribution in [0.3, 0.4) is 0 Å². The maximum absolute atomic E-state index is 13.0. The van der Waals surface area contributed by atoms with E-state index in [4.69, 9.17) is 0 Å². The van der Waals surface area contributed by atoms with Gasteiger partial charge in [0.2, 0.25) is 0 Å². The molecule has 0 saturated carbocycles. The molecule has 0 N–H and O–H groups in total. The fourth-order valence-corrected chi connectivity index (χ4v) is 2.46. The second-order valence-corrected chi connectivity index (χ2v) is 7.07. The summed E-state index contributed by atoms with van der Waals surface area (Å²) >= 11 is 0. The Hall–Kier alpha value is -2.48. The van der Waals surface area contributed by atoms with Crippen molar-refractivity contribution in [3.05, 3.63) is 83.9 Å². The number of carbonyl (C=O) groups excluding carboxylic acids is 2. The molecule has 0 aliphatic rings. The summed E-state index contributed by atoms with van der Waals surface area (Å²) in [7, 11) is 0. The molecule has 124 valence electrons. The molecule has 0 amide bonds. The van der Waals surface area contributed by atoms with Gasteiger partial charge >= 0.3 is 0 Å². The normalized spacial score (nSPS) is 11.3. The molecule has 2 aromatic carbocycles. The van der Waals surface area contributed by atoms with Gasteiger partial charge in [0.05, 0.1) is 5.92 Å². The quantitative estimate of drug-likeness (QED) is 0.408. The van der Waals surface area contributed by atoms with Crippen LogP contribution >= 0.6 is 0 Å². The molecule has 0 saturated heterocycles. The van der Waals surface area contributed by atoms with E-state index in [9.17, 15) is 9.59 Å². The lowest BCUT2D eigenvalue weighted by atomic mass is 9.78. The van der Waals surface area contributed by atoms with Crippen LogP contribution in [0.5, 0.6) is 0 Å². The lowest BCUT2D eigenvalue weighted by Gasteiger charge is -2.25. The molecule has 2 rings (SSSR count). The van der Waals surface area contributed by atoms with Crippen molar-refractivity contribution < 1.29 is 9.59 Å². The summed E-state index contributed by atoms with van der Waals surface area (Å²) in [5, 5.41) is 0. The average Bonchev–Trinajstić information content (AvgIpc) is 2.59. The highest BCUT2D eigenvalue weighted by Crippen LogP contribution is 2.31. The topological polar surface area (TPSA) is 34.1 Å². The second-order valence-electron chi connectivity index (χ2n) is 7.07. The fraction of sp³-hybridized carbons (Fsp3) is 0.273. The SMILES string of the molecule is C=C(CC(C(=O)c1ccccc1)C(=O)c1ccccc1)C(C)(C)C. The molecule has 0 spiro atoms. The van der Waals surface area contributed by atoms with Crippen LogP contribution in [0.4, 0.5) is 0 Å². The van der Waals surface area contributed by atoms with E-state index in [1.165, 1.54) is 0 Å². The number of hydrogen-bond acceptors (Lipinski definition) is 2. The molecule has 0 unspecified atom stereocenters. The molecule has 0 atom stereocenters. The summed E-state index contributed by atoms with van der Waals surface area (Å²) in [5.41, 5.74) is 1.88. The molecule has 0 aromatic heterocycles. The van der Waals surface area contributed by atoms with Crippen molar-refractivity contribution in [2.24, 2.45) is 11.3 Å². The molecule has 2 nitrogen and oxygen atoms in total. The standard InChI is InChI=1S/C22H24O2/c1-16(22(2,3)4)15-19(20(23)17-11-7-5-8-12-17)21(24)18-13-9-6-10-14-18/h5-14,19H,1,15H2,2-4H3. The van der Waals surface area contributed by atoms with Gasteiger partial charge in [-0.25, -0.2) is 0 Å². The predicted octanol–water partition coefficient (Wildman–Crippen LogP) is 5.36. The first-order chi connectivity index (χ1) is 11.3. The Morgan fingerprint density at radius 2 is 1.21 bits per heavy atom. The van der Waals surface area contributed by atoms with Gasteiger partial charge in [0.1, 0.15) is 0 Å². The Morgan fingerprint density at radius 1 is 0.833 bits per heavy atom. The Kier molecular flexibility index (Phi) is 5.50. The van der Waals surface area contributed by atoms with E-state index < -0.39 is 5.92 Å². The summed E-state index contributed by atoms with van der Waals surface area (Å²) in [6.45, 7) is 10.3. The van der Waals surface area contributed by atoms with E-state index in [0.717, 1.165) is 5.57 Å². The first-order valence-corrected chi connectivity index (χ1v) is 8.17. The van der Waals surface area contributed by atoms with Gasteiger partial charge in [-0.05, 0) is 11.8 Å². The molecule has 2 heteroatoms. The maximum atomic E-state index is 13.0. The summed E-state index contributed by atoms with van der Waals surface area (Å²) < 4.78 is 0. The monoisotopic (exact) mass is 320 g/mol. The summed E-state index contributed by atoms with van der Waals surface area (Å²) in [4.78, 5) is 25.9. The molecule has 2 aromatic rings. The van der Waals surface area contributed by atoms with Crippen molar-refractivity contribution >= 4 is 11.6 Å². The van der Waals surface area contributed by atoms with E-state index in [0.29, 0.717) is 17.5 Å². The molecule has 0 fully saturated rings. The number of hydrogen-bond donors (Lipinski definition) is 0. The van der Waals surface area contributed by atoms with Gasteiger partial charge in [-0.1, -0.05) is 93.6 Å². The average molecular weight is 320 g/mol. The minimum Gasteiger partial charge on any atom is -0.293 e. The number of allylic oxidation sites excluding steroid dienone is 1. The number of carbonyl (C=O) groups is 2. The Morgan fingerprint density at radius 3 is 1.54 bits per heavy atom. The van der Waals surface area contributed by atoms with E-state index in [1.54, 1.807) is 24.3 Å². The van der Waals surface area contributed by atoms with E-state index in [2.05, 4.69) is 6.58 Å². The van der Waals surface area contributed by atoms with Crippen molar-refractivity contribution in [1.82, 2.24) is 0 Å². The second kappa shape index (κ2) is 7.39. The first kappa shape index (κ1) is 17.9. The number of Topliss-reactive ketones (excluding diaryl/α,β-unsaturated/α-hetero) is 2. The highest BCUT2D eigenvalue weighted by atomic mass is 16.2. The largest absolute Gasteiger partial charge is 0.293 e. The molecule has 0 bridgehead atoms. The number of ketones is 2. The van der Waals surface area contributed by atoms with E-state index >= 15 is 0 Å². The Labute approximate surface area is 144 Å². The van der Waals surface area contributed by atoms with Crippen LogP contribution in [0.1, 0.15) is 47.9 Å². The predicted molar refractivity (Wildman–Crippen MR) is 98.2 cm³/mol. The van der Waals surface area contributed by atoms with Gasteiger partial charge in [-0.15, -0.1) is 0 Å². The summed E-state index contributed by atoms with van der Waals surface area (Å²) in [5.74, 6) is -1.02. The van der Waals surface area contributed by atoms with Crippen LogP contribution in [-0.2, 0) is 0 Å². The van der Waals surface area contributed by atoms with Crippen molar-refractivity contribution in [2.45, 2.75) is 27.2 Å². The van der Waals surface area contributed by atoms with Crippen LogP contribution in [-0.4, -0.2) is 11.6 Å². The van der Waals surface area contributed by atoms with Crippen LogP contribution in [0, 0.1) is 11.3 Å². The van der Waals surface area contributed by atoms with Crippen LogP contribution < -0.4 is 0 Å². The minimum absolute atomic E-state index is 0.144. The summed E-state index contributed by atoms with van der Waals surface area (Å²) in [6, 6.07) is 18.0. The molecule has 0 radical (unpaired) electrons. The molecule has 0 aliphatic carbocycles. The smallest absolute Gasteiger partial charge is 0.174 e. The van der Waals surface area contributed by atoms with Crippen molar-refractivity contribution in [2.75, 3.05) is 0 Å². The number of benzene rings is 2.